The van der Waals surface area contributed by atoms with E-state index in [-0.39, 0.29) is 0 Å². The molecule has 1 N–H and O–H groups in total. The first-order valence-corrected chi connectivity index (χ1v) is 7.12. The van der Waals surface area contributed by atoms with Gasteiger partial charge in [0, 0.05) is 0 Å². The molecular weight excluding hydrogens is 240 g/mol. The first kappa shape index (κ1) is 14.4. The molecule has 1 aromatic carbocycles. The predicted octanol–water partition coefficient (Wildman–Crippen LogP) is 3.32. The van der Waals surface area contributed by atoms with Gasteiger partial charge in [-0.1, -0.05) is 31.9 Å². The lowest BCUT2D eigenvalue weighted by atomic mass is 9.89. The van der Waals surface area contributed by atoms with Crippen LogP contribution >= 0.6 is 0 Å². The molecule has 0 aromatic heterocycles. The van der Waals surface area contributed by atoms with Crippen molar-refractivity contribution in [3.05, 3.63) is 29.8 Å². The van der Waals surface area contributed by atoms with Gasteiger partial charge in [-0.2, -0.15) is 0 Å². The summed E-state index contributed by atoms with van der Waals surface area (Å²) in [4.78, 5) is 0. The minimum Gasteiger partial charge on any atom is -0.497 e. The SMILES string of the molecule is COc1cccc(C(O)COC2CCCC(C)C2)c1. The molecule has 0 saturated heterocycles. The maximum Gasteiger partial charge on any atom is 0.119 e. The van der Waals surface area contributed by atoms with Crippen LogP contribution in [0.1, 0.15) is 44.3 Å². The van der Waals surface area contributed by atoms with Crippen LogP contribution in [0.4, 0.5) is 0 Å². The highest BCUT2D eigenvalue weighted by Crippen LogP contribution is 2.27. The van der Waals surface area contributed by atoms with E-state index in [1.165, 1.54) is 12.8 Å². The van der Waals surface area contributed by atoms with Gasteiger partial charge in [-0.15, -0.1) is 0 Å². The lowest BCUT2D eigenvalue weighted by Gasteiger charge is -2.27. The lowest BCUT2D eigenvalue weighted by Crippen LogP contribution is -2.23. The van der Waals surface area contributed by atoms with Gasteiger partial charge in [-0.05, 0) is 36.5 Å². The van der Waals surface area contributed by atoms with E-state index in [0.717, 1.165) is 30.1 Å². The first-order chi connectivity index (χ1) is 9.19. The molecule has 2 rings (SSSR count). The van der Waals surface area contributed by atoms with E-state index in [0.29, 0.717) is 12.7 Å². The molecule has 1 aliphatic carbocycles. The van der Waals surface area contributed by atoms with E-state index in [1.807, 2.05) is 24.3 Å². The lowest BCUT2D eigenvalue weighted by molar-refractivity contribution is -0.0322. The molecule has 0 amide bonds. The molecule has 1 aromatic rings. The van der Waals surface area contributed by atoms with E-state index >= 15 is 0 Å². The summed E-state index contributed by atoms with van der Waals surface area (Å²) in [6.07, 6.45) is 4.51. The zero-order valence-corrected chi connectivity index (χ0v) is 11.8. The van der Waals surface area contributed by atoms with Crippen molar-refractivity contribution in [2.24, 2.45) is 5.92 Å². The molecule has 0 bridgehead atoms. The average molecular weight is 264 g/mol. The molecule has 3 nitrogen and oxygen atoms in total. The molecule has 3 unspecified atom stereocenters. The summed E-state index contributed by atoms with van der Waals surface area (Å²) in [6.45, 7) is 2.64. The van der Waals surface area contributed by atoms with Crippen molar-refractivity contribution in [1.82, 2.24) is 0 Å². The van der Waals surface area contributed by atoms with E-state index in [9.17, 15) is 5.11 Å². The number of methoxy groups -OCH3 is 1. The number of hydrogen-bond acceptors (Lipinski definition) is 3. The second-order valence-corrected chi connectivity index (χ2v) is 5.52. The summed E-state index contributed by atoms with van der Waals surface area (Å²) in [7, 11) is 1.63. The summed E-state index contributed by atoms with van der Waals surface area (Å²) in [5, 5.41) is 10.2. The summed E-state index contributed by atoms with van der Waals surface area (Å²) >= 11 is 0. The quantitative estimate of drug-likeness (QED) is 0.886. The van der Waals surface area contributed by atoms with Crippen LogP contribution in [0.3, 0.4) is 0 Å². The summed E-state index contributed by atoms with van der Waals surface area (Å²) in [5.41, 5.74) is 0.850. The van der Waals surface area contributed by atoms with Crippen LogP contribution in [0.5, 0.6) is 5.75 Å². The van der Waals surface area contributed by atoms with Crippen LogP contribution in [0, 0.1) is 5.92 Å². The molecule has 1 saturated carbocycles. The summed E-state index contributed by atoms with van der Waals surface area (Å²) < 4.78 is 11.0. The molecule has 3 heteroatoms. The van der Waals surface area contributed by atoms with E-state index in [4.69, 9.17) is 9.47 Å². The Bertz CT molecular complexity index is 391. The van der Waals surface area contributed by atoms with Crippen molar-refractivity contribution < 1.29 is 14.6 Å². The molecule has 106 valence electrons. The average Bonchev–Trinajstić information content (AvgIpc) is 2.45. The normalized spacial score (nSPS) is 25.0. The maximum absolute atomic E-state index is 10.2. The Morgan fingerprint density at radius 1 is 1.37 bits per heavy atom. The van der Waals surface area contributed by atoms with Gasteiger partial charge >= 0.3 is 0 Å². The fourth-order valence-corrected chi connectivity index (χ4v) is 2.70. The van der Waals surface area contributed by atoms with Crippen molar-refractivity contribution in [3.63, 3.8) is 0 Å². The van der Waals surface area contributed by atoms with Crippen LogP contribution in [0.25, 0.3) is 0 Å². The monoisotopic (exact) mass is 264 g/mol. The summed E-state index contributed by atoms with van der Waals surface area (Å²) in [5.74, 6) is 1.51. The molecule has 0 radical (unpaired) electrons. The molecule has 1 fully saturated rings. The standard InChI is InChI=1S/C16H24O3/c1-12-5-3-8-15(9-12)19-11-16(17)13-6-4-7-14(10-13)18-2/h4,6-7,10,12,15-17H,3,5,8-9,11H2,1-2H3. The van der Waals surface area contributed by atoms with Crippen LogP contribution in [-0.2, 0) is 4.74 Å². The van der Waals surface area contributed by atoms with Gasteiger partial charge in [0.05, 0.1) is 19.8 Å². The van der Waals surface area contributed by atoms with Crippen molar-refractivity contribution in [2.45, 2.75) is 44.8 Å². The number of rotatable bonds is 5. The minimum absolute atomic E-state index is 0.309. The fourth-order valence-electron chi connectivity index (χ4n) is 2.70. The third kappa shape index (κ3) is 4.22. The predicted molar refractivity (Wildman–Crippen MR) is 75.3 cm³/mol. The maximum atomic E-state index is 10.2. The topological polar surface area (TPSA) is 38.7 Å². The van der Waals surface area contributed by atoms with Crippen LogP contribution < -0.4 is 4.74 Å². The Labute approximate surface area is 115 Å². The second kappa shape index (κ2) is 6.92. The Kier molecular flexibility index (Phi) is 5.23. The number of benzene rings is 1. The van der Waals surface area contributed by atoms with Crippen LogP contribution in [0.15, 0.2) is 24.3 Å². The zero-order chi connectivity index (χ0) is 13.7. The highest BCUT2D eigenvalue weighted by Gasteiger charge is 2.20. The highest BCUT2D eigenvalue weighted by atomic mass is 16.5. The first-order valence-electron chi connectivity index (χ1n) is 7.12. The van der Waals surface area contributed by atoms with Crippen LogP contribution in [-0.4, -0.2) is 24.9 Å². The van der Waals surface area contributed by atoms with Crippen molar-refractivity contribution in [3.8, 4) is 5.75 Å². The Hall–Kier alpha value is -1.06. The number of ether oxygens (including phenoxy) is 2. The smallest absolute Gasteiger partial charge is 0.119 e. The third-order valence-electron chi connectivity index (χ3n) is 3.86. The van der Waals surface area contributed by atoms with Gasteiger partial charge in [0.1, 0.15) is 11.9 Å². The molecule has 0 spiro atoms. The Balaban J connectivity index is 1.84. The van der Waals surface area contributed by atoms with Gasteiger partial charge < -0.3 is 14.6 Å². The minimum atomic E-state index is -0.577. The van der Waals surface area contributed by atoms with E-state index < -0.39 is 6.10 Å². The number of hydrogen-bond donors (Lipinski definition) is 1. The molecule has 19 heavy (non-hydrogen) atoms. The Morgan fingerprint density at radius 2 is 2.21 bits per heavy atom. The van der Waals surface area contributed by atoms with Gasteiger partial charge in [0.25, 0.3) is 0 Å². The number of aliphatic hydroxyl groups excluding tert-OH is 1. The van der Waals surface area contributed by atoms with Gasteiger partial charge in [0.15, 0.2) is 0 Å². The fraction of sp³-hybridized carbons (Fsp3) is 0.625. The van der Waals surface area contributed by atoms with E-state index in [1.54, 1.807) is 7.11 Å². The summed E-state index contributed by atoms with van der Waals surface area (Å²) in [6, 6.07) is 7.53. The molecule has 1 aliphatic rings. The second-order valence-electron chi connectivity index (χ2n) is 5.52. The van der Waals surface area contributed by atoms with Crippen LogP contribution in [0.2, 0.25) is 0 Å². The van der Waals surface area contributed by atoms with Crippen molar-refractivity contribution in [1.29, 1.82) is 0 Å². The van der Waals surface area contributed by atoms with Crippen molar-refractivity contribution in [2.75, 3.05) is 13.7 Å². The molecule has 0 heterocycles. The highest BCUT2D eigenvalue weighted by molar-refractivity contribution is 5.29. The van der Waals surface area contributed by atoms with Crippen molar-refractivity contribution >= 4 is 0 Å². The third-order valence-corrected chi connectivity index (χ3v) is 3.86. The number of aliphatic hydroxyl groups is 1. The molecular formula is C16H24O3. The molecule has 0 aliphatic heterocycles. The zero-order valence-electron chi connectivity index (χ0n) is 11.8. The largest absolute Gasteiger partial charge is 0.497 e. The Morgan fingerprint density at radius 3 is 2.95 bits per heavy atom. The van der Waals surface area contributed by atoms with Gasteiger partial charge in [0.2, 0.25) is 0 Å². The molecule has 3 atom stereocenters. The van der Waals surface area contributed by atoms with Gasteiger partial charge in [-0.3, -0.25) is 0 Å². The van der Waals surface area contributed by atoms with E-state index in [2.05, 4.69) is 6.92 Å². The van der Waals surface area contributed by atoms with Gasteiger partial charge in [-0.25, -0.2) is 0 Å².